The summed E-state index contributed by atoms with van der Waals surface area (Å²) >= 11 is 0. The number of hydrogen-bond donors (Lipinski definition) is 2. The van der Waals surface area contributed by atoms with Crippen molar-refractivity contribution in [1.29, 1.82) is 0 Å². The van der Waals surface area contributed by atoms with E-state index in [0.717, 1.165) is 44.5 Å². The van der Waals surface area contributed by atoms with Gasteiger partial charge in [-0.05, 0) is 61.4 Å². The highest BCUT2D eigenvalue weighted by molar-refractivity contribution is 6.02. The van der Waals surface area contributed by atoms with E-state index in [4.69, 9.17) is 4.74 Å². The van der Waals surface area contributed by atoms with Gasteiger partial charge in [-0.3, -0.25) is 19.3 Å². The quantitative estimate of drug-likeness (QED) is 0.351. The maximum absolute atomic E-state index is 14.4. The smallest absolute Gasteiger partial charge is 0.246 e. The van der Waals surface area contributed by atoms with E-state index >= 15 is 0 Å². The molecule has 240 valence electrons. The molecule has 3 aliphatic heterocycles. The van der Waals surface area contributed by atoms with E-state index in [1.165, 1.54) is 5.56 Å². The second-order valence-electron chi connectivity index (χ2n) is 13.7. The van der Waals surface area contributed by atoms with Crippen LogP contribution in [0.25, 0.3) is 0 Å². The van der Waals surface area contributed by atoms with Crippen LogP contribution >= 0.6 is 0 Å². The SMILES string of the molecule is CCN(CCCN1C(=O)[C@@H]2[C@H](C(=O)Nc3cccc(C)c3)[C@@H]3C=C[C@@]2(O3)[C@@H]1C(=O)N[C@@H]1CCC[C@@H](C)[C@@H]1C)Cc1ccccc1. The van der Waals surface area contributed by atoms with Crippen LogP contribution in [0.1, 0.15) is 57.6 Å². The lowest BCUT2D eigenvalue weighted by Crippen LogP contribution is -2.58. The molecule has 6 rings (SSSR count). The van der Waals surface area contributed by atoms with Gasteiger partial charge in [0.15, 0.2) is 0 Å². The zero-order chi connectivity index (χ0) is 31.7. The molecule has 2 saturated heterocycles. The number of nitrogens with zero attached hydrogens (tertiary/aromatic N) is 2. The van der Waals surface area contributed by atoms with Crippen molar-refractivity contribution >= 4 is 23.4 Å². The Labute approximate surface area is 267 Å². The van der Waals surface area contributed by atoms with Crippen molar-refractivity contribution in [3.63, 3.8) is 0 Å². The summed E-state index contributed by atoms with van der Waals surface area (Å²) in [5, 5.41) is 6.39. The van der Waals surface area contributed by atoms with Crippen molar-refractivity contribution in [2.45, 2.75) is 83.7 Å². The average molecular weight is 613 g/mol. The summed E-state index contributed by atoms with van der Waals surface area (Å²) < 4.78 is 6.57. The molecule has 2 aromatic carbocycles. The second-order valence-corrected chi connectivity index (χ2v) is 13.7. The van der Waals surface area contributed by atoms with Crippen LogP contribution < -0.4 is 10.6 Å². The van der Waals surface area contributed by atoms with Crippen molar-refractivity contribution in [3.05, 3.63) is 77.9 Å². The Kier molecular flexibility index (Phi) is 9.16. The van der Waals surface area contributed by atoms with E-state index in [0.29, 0.717) is 30.5 Å². The highest BCUT2D eigenvalue weighted by Gasteiger charge is 2.72. The first-order chi connectivity index (χ1) is 21.7. The third-order valence-electron chi connectivity index (χ3n) is 10.8. The van der Waals surface area contributed by atoms with Crippen molar-refractivity contribution in [3.8, 4) is 0 Å². The zero-order valence-corrected chi connectivity index (χ0v) is 27.1. The number of nitrogens with one attached hydrogen (secondary N) is 2. The summed E-state index contributed by atoms with van der Waals surface area (Å²) in [4.78, 5) is 46.6. The highest BCUT2D eigenvalue weighted by atomic mass is 16.5. The van der Waals surface area contributed by atoms with Gasteiger partial charge in [-0.1, -0.05) is 88.2 Å². The number of carbonyl (C=O) groups excluding carboxylic acids is 3. The number of carbonyl (C=O) groups is 3. The number of hydrogen-bond acceptors (Lipinski definition) is 5. The van der Waals surface area contributed by atoms with E-state index in [1.807, 2.05) is 49.4 Å². The number of ether oxygens (including phenoxy) is 1. The summed E-state index contributed by atoms with van der Waals surface area (Å²) in [5.74, 6) is -1.16. The van der Waals surface area contributed by atoms with Crippen molar-refractivity contribution < 1.29 is 19.1 Å². The van der Waals surface area contributed by atoms with E-state index in [9.17, 15) is 14.4 Å². The largest absolute Gasteiger partial charge is 0.359 e. The predicted octanol–water partition coefficient (Wildman–Crippen LogP) is 4.94. The van der Waals surface area contributed by atoms with Gasteiger partial charge in [-0.15, -0.1) is 0 Å². The minimum atomic E-state index is -1.15. The van der Waals surface area contributed by atoms with E-state index in [2.05, 4.69) is 60.6 Å². The molecular formula is C37H48N4O4. The lowest BCUT2D eigenvalue weighted by atomic mass is 9.73. The molecule has 1 aliphatic carbocycles. The van der Waals surface area contributed by atoms with Crippen LogP contribution in [0, 0.1) is 30.6 Å². The summed E-state index contributed by atoms with van der Waals surface area (Å²) in [6.07, 6.45) is 7.13. The molecule has 1 spiro atoms. The van der Waals surface area contributed by atoms with Crippen LogP contribution in [0.3, 0.4) is 0 Å². The van der Waals surface area contributed by atoms with Crippen LogP contribution in [0.15, 0.2) is 66.7 Å². The summed E-state index contributed by atoms with van der Waals surface area (Å²) in [6, 6.07) is 17.3. The molecule has 0 unspecified atom stereocenters. The topological polar surface area (TPSA) is 91.0 Å². The molecule has 8 heteroatoms. The molecule has 1 saturated carbocycles. The van der Waals surface area contributed by atoms with Crippen LogP contribution in [0.4, 0.5) is 5.69 Å². The lowest BCUT2D eigenvalue weighted by Gasteiger charge is -2.38. The second kappa shape index (κ2) is 13.1. The van der Waals surface area contributed by atoms with Gasteiger partial charge in [0.05, 0.1) is 17.9 Å². The number of benzene rings is 2. The van der Waals surface area contributed by atoms with Crippen molar-refractivity contribution in [2.24, 2.45) is 23.7 Å². The predicted molar refractivity (Wildman–Crippen MR) is 175 cm³/mol. The van der Waals surface area contributed by atoms with Gasteiger partial charge in [-0.2, -0.15) is 0 Å². The number of likely N-dealkylation sites (tertiary alicyclic amines) is 1. The molecule has 4 aliphatic rings. The normalized spacial score (nSPS) is 31.8. The molecule has 3 heterocycles. The molecule has 3 amide bonds. The molecule has 0 radical (unpaired) electrons. The summed E-state index contributed by atoms with van der Waals surface area (Å²) in [7, 11) is 0. The van der Waals surface area contributed by atoms with Crippen molar-refractivity contribution in [2.75, 3.05) is 25.0 Å². The number of rotatable bonds is 11. The fourth-order valence-electron chi connectivity index (χ4n) is 8.16. The Morgan fingerprint density at radius 3 is 2.62 bits per heavy atom. The van der Waals surface area contributed by atoms with Crippen LogP contribution in [0.2, 0.25) is 0 Å². The van der Waals surface area contributed by atoms with Gasteiger partial charge >= 0.3 is 0 Å². The van der Waals surface area contributed by atoms with E-state index < -0.39 is 29.6 Å². The van der Waals surface area contributed by atoms with Crippen LogP contribution in [-0.2, 0) is 25.7 Å². The third-order valence-corrected chi connectivity index (χ3v) is 10.8. The zero-order valence-electron chi connectivity index (χ0n) is 27.1. The monoisotopic (exact) mass is 612 g/mol. The Morgan fingerprint density at radius 1 is 1.07 bits per heavy atom. The molecule has 2 N–H and O–H groups in total. The van der Waals surface area contributed by atoms with Gasteiger partial charge in [0.2, 0.25) is 17.7 Å². The highest BCUT2D eigenvalue weighted by Crippen LogP contribution is 2.55. The summed E-state index contributed by atoms with van der Waals surface area (Å²) in [6.45, 7) is 11.5. The minimum Gasteiger partial charge on any atom is -0.359 e. The lowest BCUT2D eigenvalue weighted by molar-refractivity contribution is -0.141. The van der Waals surface area contributed by atoms with Gasteiger partial charge in [0.1, 0.15) is 11.6 Å². The number of aryl methyl sites for hydroxylation is 1. The number of fused-ring (bicyclic) bond motifs is 1. The van der Waals surface area contributed by atoms with Crippen LogP contribution in [0.5, 0.6) is 0 Å². The number of anilines is 1. The molecule has 2 bridgehead atoms. The first-order valence-corrected chi connectivity index (χ1v) is 16.8. The summed E-state index contributed by atoms with van der Waals surface area (Å²) in [5.41, 5.74) is 1.82. The minimum absolute atomic E-state index is 0.0538. The van der Waals surface area contributed by atoms with Gasteiger partial charge < -0.3 is 20.3 Å². The van der Waals surface area contributed by atoms with Gasteiger partial charge in [0, 0.05) is 31.4 Å². The molecule has 3 fully saturated rings. The van der Waals surface area contributed by atoms with Gasteiger partial charge in [-0.25, -0.2) is 0 Å². The molecule has 8 nitrogen and oxygen atoms in total. The molecule has 45 heavy (non-hydrogen) atoms. The molecule has 0 aromatic heterocycles. The first kappa shape index (κ1) is 31.5. The Balaban J connectivity index is 1.24. The van der Waals surface area contributed by atoms with E-state index in [-0.39, 0.29) is 23.8 Å². The Bertz CT molecular complexity index is 1430. The average Bonchev–Trinajstić information content (AvgIpc) is 3.67. The standard InChI is InChI=1S/C37H48N4O4/c1-5-40(23-27-14-7-6-8-15-27)20-11-21-41-33(35(43)39-29-17-10-13-25(3)26(29)4)37-19-18-30(45-37)31(32(37)36(41)44)34(42)38-28-16-9-12-24(2)22-28/h6-9,12,14-16,18-19,22,25-26,29-33H,5,10-11,13,17,20-21,23H2,1-4H3,(H,38,42)(H,39,43)/t25-,26+,29-,30+,31-,32+,33+,37+/m1/s1. The first-order valence-electron chi connectivity index (χ1n) is 16.8. The fourth-order valence-corrected chi connectivity index (χ4v) is 8.16. The van der Waals surface area contributed by atoms with E-state index in [1.54, 1.807) is 4.90 Å². The van der Waals surface area contributed by atoms with Gasteiger partial charge in [0.25, 0.3) is 0 Å². The third kappa shape index (κ3) is 6.07. The molecular weight excluding hydrogens is 564 g/mol. The maximum atomic E-state index is 14.4. The maximum Gasteiger partial charge on any atom is 0.246 e. The Morgan fingerprint density at radius 2 is 1.87 bits per heavy atom. The fraction of sp³-hybridized carbons (Fsp3) is 0.541. The Hall–Kier alpha value is -3.49. The number of amides is 3. The molecule has 8 atom stereocenters. The van der Waals surface area contributed by atoms with Crippen molar-refractivity contribution in [1.82, 2.24) is 15.1 Å². The molecule has 2 aromatic rings. The van der Waals surface area contributed by atoms with Crippen LogP contribution in [-0.4, -0.2) is 70.9 Å².